The van der Waals surface area contributed by atoms with Crippen LogP contribution in [0, 0.1) is 13.8 Å². The number of fused-ring (bicyclic) bond motifs is 7. The maximum atomic E-state index is 2.61. The minimum atomic E-state index is -0.363. The topological polar surface area (TPSA) is 11.4 Å². The molecule has 0 aliphatic carbocycles. The van der Waals surface area contributed by atoms with Crippen molar-refractivity contribution in [3.8, 4) is 16.8 Å². The van der Waals surface area contributed by atoms with Crippen molar-refractivity contribution in [1.29, 1.82) is 0 Å². The van der Waals surface area contributed by atoms with Crippen LogP contribution in [0.25, 0.3) is 38.6 Å². The van der Waals surface area contributed by atoms with Crippen LogP contribution >= 0.6 is 0 Å². The van der Waals surface area contributed by atoms with E-state index in [1.807, 2.05) is 0 Å². The van der Waals surface area contributed by atoms with Crippen molar-refractivity contribution < 1.29 is 0 Å². The van der Waals surface area contributed by atoms with Gasteiger partial charge in [-0.05, 0) is 163 Å². The van der Waals surface area contributed by atoms with Gasteiger partial charge in [0.1, 0.15) is 0 Å². The number of benzene rings is 9. The molecule has 0 spiro atoms. The van der Waals surface area contributed by atoms with E-state index < -0.39 is 0 Å². The first kappa shape index (κ1) is 52.2. The maximum Gasteiger partial charge on any atom is 0.247 e. The highest BCUT2D eigenvalue weighted by molar-refractivity contribution is 6.99. The van der Waals surface area contributed by atoms with Gasteiger partial charge in [0, 0.05) is 50.2 Å². The van der Waals surface area contributed by atoms with Gasteiger partial charge in [-0.25, -0.2) is 0 Å². The van der Waals surface area contributed by atoms with E-state index in [4.69, 9.17) is 0 Å². The van der Waals surface area contributed by atoms with E-state index >= 15 is 0 Å². The lowest BCUT2D eigenvalue weighted by Crippen LogP contribution is -2.64. The predicted octanol–water partition coefficient (Wildman–Crippen LogP) is 18.7. The molecule has 12 rings (SSSR count). The normalized spacial score (nSPS) is 14.1. The molecule has 2 aliphatic heterocycles. The number of para-hydroxylation sites is 2. The first-order valence-electron chi connectivity index (χ1n) is 28.8. The van der Waals surface area contributed by atoms with Gasteiger partial charge >= 0.3 is 0 Å². The Morgan fingerprint density at radius 1 is 0.418 bits per heavy atom. The average Bonchev–Trinajstić information content (AvgIpc) is 3.27. The summed E-state index contributed by atoms with van der Waals surface area (Å²) in [5.41, 5.74) is 27.5. The zero-order valence-electron chi connectivity index (χ0n) is 49.7. The lowest BCUT2D eigenvalue weighted by molar-refractivity contribution is 0.583. The summed E-state index contributed by atoms with van der Waals surface area (Å²) in [5, 5.41) is 2.54. The molecule has 0 radical (unpaired) electrons. The van der Waals surface area contributed by atoms with E-state index in [1.54, 1.807) is 0 Å². The van der Waals surface area contributed by atoms with Crippen molar-refractivity contribution in [3.05, 3.63) is 226 Å². The van der Waals surface area contributed by atoms with Gasteiger partial charge in [0.15, 0.2) is 0 Å². The molecule has 3 nitrogen and oxygen atoms in total. The highest BCUT2D eigenvalue weighted by Crippen LogP contribution is 2.49. The van der Waals surface area contributed by atoms with Crippen LogP contribution in [-0.4, -0.2) is 11.3 Å². The first-order valence-corrected chi connectivity index (χ1v) is 28.8. The second-order valence-corrected chi connectivity index (χ2v) is 27.7. The molecule has 10 aromatic rings. The molecule has 1 aromatic heterocycles. The molecule has 0 fully saturated rings. The van der Waals surface area contributed by atoms with Crippen molar-refractivity contribution in [2.45, 2.75) is 138 Å². The fraction of sp³-hybridized carbons (Fsp3) is 0.280. The number of rotatable bonds is 6. The fourth-order valence-electron chi connectivity index (χ4n) is 13.2. The third-order valence-electron chi connectivity index (χ3n) is 17.7. The Morgan fingerprint density at radius 2 is 0.975 bits per heavy atom. The van der Waals surface area contributed by atoms with Crippen LogP contribution in [0.5, 0.6) is 0 Å². The van der Waals surface area contributed by atoms with Gasteiger partial charge in [0.2, 0.25) is 6.71 Å². The summed E-state index contributed by atoms with van der Waals surface area (Å²) in [7, 11) is 0. The molecule has 0 bridgehead atoms. The van der Waals surface area contributed by atoms with Crippen LogP contribution in [-0.2, 0) is 27.1 Å². The Morgan fingerprint density at radius 3 is 1.61 bits per heavy atom. The lowest BCUT2D eigenvalue weighted by Gasteiger charge is -2.46. The molecule has 0 amide bonds. The molecule has 0 saturated carbocycles. The van der Waals surface area contributed by atoms with Crippen LogP contribution in [0.15, 0.2) is 182 Å². The molecule has 2 aliphatic rings. The highest BCUT2D eigenvalue weighted by atomic mass is 15.2. The van der Waals surface area contributed by atoms with Crippen LogP contribution in [0.3, 0.4) is 0 Å². The summed E-state index contributed by atoms with van der Waals surface area (Å²) in [6.07, 6.45) is 0. The third kappa shape index (κ3) is 8.64. The molecule has 0 N–H and O–H groups in total. The zero-order valence-corrected chi connectivity index (χ0v) is 49.7. The first-order chi connectivity index (χ1) is 37.3. The molecule has 79 heavy (non-hydrogen) atoms. The van der Waals surface area contributed by atoms with Crippen molar-refractivity contribution >= 4 is 79.0 Å². The molecule has 0 saturated heterocycles. The van der Waals surface area contributed by atoms with Crippen molar-refractivity contribution in [2.75, 3.05) is 9.80 Å². The number of hydrogen-bond acceptors (Lipinski definition) is 2. The Bertz CT molecular complexity index is 4010. The lowest BCUT2D eigenvalue weighted by atomic mass is 9.30. The Balaban J connectivity index is 1.18. The molecule has 3 heterocycles. The minimum absolute atomic E-state index is 0.0234. The average molecular weight is 1030 g/mol. The van der Waals surface area contributed by atoms with Crippen molar-refractivity contribution in [3.63, 3.8) is 0 Å². The fourth-order valence-corrected chi connectivity index (χ4v) is 13.2. The molecule has 0 unspecified atom stereocenters. The van der Waals surface area contributed by atoms with Crippen LogP contribution in [0.2, 0.25) is 0 Å². The number of hydrogen-bond donors (Lipinski definition) is 0. The van der Waals surface area contributed by atoms with E-state index in [0.29, 0.717) is 0 Å². The van der Waals surface area contributed by atoms with Gasteiger partial charge < -0.3 is 14.4 Å². The summed E-state index contributed by atoms with van der Waals surface area (Å²) in [6.45, 7) is 37.6. The largest absolute Gasteiger partial charge is 0.311 e. The number of aryl methyl sites for hydroxylation is 2. The van der Waals surface area contributed by atoms with Gasteiger partial charge in [-0.1, -0.05) is 218 Å². The summed E-state index contributed by atoms with van der Waals surface area (Å²) in [6, 6.07) is 70.2. The second-order valence-electron chi connectivity index (χ2n) is 27.7. The Kier molecular flexibility index (Phi) is 12.0. The van der Waals surface area contributed by atoms with E-state index in [2.05, 4.69) is 307 Å². The summed E-state index contributed by atoms with van der Waals surface area (Å²) >= 11 is 0. The van der Waals surface area contributed by atoms with Crippen molar-refractivity contribution in [2.24, 2.45) is 0 Å². The van der Waals surface area contributed by atoms with Gasteiger partial charge in [-0.3, -0.25) is 0 Å². The van der Waals surface area contributed by atoms with Crippen LogP contribution in [0.4, 0.5) is 34.1 Å². The second kappa shape index (κ2) is 18.2. The van der Waals surface area contributed by atoms with Crippen LogP contribution in [0.1, 0.15) is 141 Å². The Labute approximate surface area is 472 Å². The van der Waals surface area contributed by atoms with E-state index in [0.717, 1.165) is 11.4 Å². The summed E-state index contributed by atoms with van der Waals surface area (Å²) in [4.78, 5) is 5.16. The quantitative estimate of drug-likeness (QED) is 0.154. The maximum absolute atomic E-state index is 2.61. The summed E-state index contributed by atoms with van der Waals surface area (Å²) < 4.78 is 2.56. The van der Waals surface area contributed by atoms with Gasteiger partial charge in [0.25, 0.3) is 0 Å². The molecular weight excluding hydrogens is 954 g/mol. The van der Waals surface area contributed by atoms with Crippen LogP contribution < -0.4 is 26.2 Å². The van der Waals surface area contributed by atoms with E-state index in [9.17, 15) is 0 Å². The molecule has 0 atom stereocenters. The number of nitrogens with zero attached hydrogens (tertiary/aromatic N) is 3. The number of anilines is 6. The highest BCUT2D eigenvalue weighted by Gasteiger charge is 2.47. The van der Waals surface area contributed by atoms with Crippen molar-refractivity contribution in [1.82, 2.24) is 4.57 Å². The molecule has 9 aromatic carbocycles. The molecule has 4 heteroatoms. The molecular formula is C75H78BN3. The zero-order chi connectivity index (χ0) is 55.9. The number of aromatic nitrogens is 1. The summed E-state index contributed by atoms with van der Waals surface area (Å²) in [5.74, 6) is 0. The van der Waals surface area contributed by atoms with E-state index in [-0.39, 0.29) is 33.8 Å². The SMILES string of the molecule is Cc1cc(C(C)(C)C)cc(C)c1N(c1ccc(C(C)(C)C)cc1)c1ccc2c(c1)C(C)(C)c1cc(C(C)(C)C)cc3c1B2c1cc2c4cc(C(C)(C)C)ccc4n(-c4ccccc4-c4ccccc4)c2cc1N3c1ccccc1. The standard InChI is InChI=1S/C75H78BN3/c1-47-39-52(73(9,10)11)40-48(2)70(47)77(55-34-31-50(32-35-55)71(3,4)5)56-36-37-62-60(44-56)75(15,16)61-42-53(74(12,13)14)43-68-69(61)76(62)63-45-59-58-41-51(72(6,7)8)33-38-65(58)79(64-30-24-23-29-57(64)49-25-19-17-20-26-49)66(59)46-67(63)78(68)54-27-21-18-22-28-54/h17-46H,1-16H3. The monoisotopic (exact) mass is 1030 g/mol. The predicted molar refractivity (Wildman–Crippen MR) is 343 cm³/mol. The van der Waals surface area contributed by atoms with Gasteiger partial charge in [0.05, 0.1) is 22.4 Å². The van der Waals surface area contributed by atoms with Gasteiger partial charge in [-0.15, -0.1) is 0 Å². The third-order valence-corrected chi connectivity index (χ3v) is 17.7. The smallest absolute Gasteiger partial charge is 0.247 e. The van der Waals surface area contributed by atoms with E-state index in [1.165, 1.54) is 122 Å². The molecule has 396 valence electrons. The Hall–Kier alpha value is -7.56. The van der Waals surface area contributed by atoms with Gasteiger partial charge in [-0.2, -0.15) is 0 Å². The minimum Gasteiger partial charge on any atom is -0.311 e.